The van der Waals surface area contributed by atoms with Gasteiger partial charge in [-0.05, 0) is 12.8 Å². The summed E-state index contributed by atoms with van der Waals surface area (Å²) in [4.78, 5) is 22.6. The van der Waals surface area contributed by atoms with Gasteiger partial charge in [0.15, 0.2) is 5.78 Å². The molecule has 3 heteroatoms. The minimum Gasteiger partial charge on any atom is -0.352 e. The molecule has 0 radical (unpaired) electrons. The van der Waals surface area contributed by atoms with Crippen molar-refractivity contribution >= 4 is 11.7 Å². The maximum absolute atomic E-state index is 11.5. The number of rotatable bonds is 4. The van der Waals surface area contributed by atoms with Crippen molar-refractivity contribution in [3.8, 4) is 0 Å². The number of Topliss-reactive ketones (excluding diaryl/α,β-unsaturated/α-hetero) is 1. The smallest absolute Gasteiger partial charge is 0.244 e. The van der Waals surface area contributed by atoms with Gasteiger partial charge in [0, 0.05) is 24.6 Å². The zero-order valence-corrected chi connectivity index (χ0v) is 8.64. The van der Waals surface area contributed by atoms with Gasteiger partial charge in [-0.3, -0.25) is 9.59 Å². The van der Waals surface area contributed by atoms with Crippen molar-refractivity contribution < 1.29 is 9.59 Å². The molecule has 1 rings (SSSR count). The van der Waals surface area contributed by atoms with Gasteiger partial charge in [-0.25, -0.2) is 0 Å². The Kier molecular flexibility index (Phi) is 4.36. The molecule has 0 spiro atoms. The third-order valence-electron chi connectivity index (χ3n) is 2.36. The third kappa shape index (κ3) is 3.32. The average molecular weight is 195 g/mol. The number of carbonyl (C=O) groups excluding carboxylic acids is 2. The van der Waals surface area contributed by atoms with Crippen LogP contribution in [0.4, 0.5) is 0 Å². The monoisotopic (exact) mass is 195 g/mol. The first-order chi connectivity index (χ1) is 6.74. The van der Waals surface area contributed by atoms with Gasteiger partial charge in [-0.2, -0.15) is 0 Å². The molecule has 1 aliphatic rings. The number of amides is 1. The Morgan fingerprint density at radius 2 is 2.14 bits per heavy atom. The minimum atomic E-state index is -0.123. The Morgan fingerprint density at radius 1 is 1.36 bits per heavy atom. The molecule has 0 aromatic heterocycles. The number of unbranched alkanes of at least 4 members (excludes halogenated alkanes) is 2. The van der Waals surface area contributed by atoms with Crippen molar-refractivity contribution in [3.63, 3.8) is 0 Å². The van der Waals surface area contributed by atoms with Crippen LogP contribution in [0.3, 0.4) is 0 Å². The molecule has 0 fully saturated rings. The zero-order chi connectivity index (χ0) is 10.4. The topological polar surface area (TPSA) is 46.2 Å². The van der Waals surface area contributed by atoms with E-state index < -0.39 is 0 Å². The SMILES string of the molecule is CCCCCC1=CC(=O)NCCC1=O. The van der Waals surface area contributed by atoms with Crippen molar-refractivity contribution in [2.24, 2.45) is 0 Å². The van der Waals surface area contributed by atoms with Gasteiger partial charge in [-0.1, -0.05) is 19.8 Å². The molecule has 1 N–H and O–H groups in total. The van der Waals surface area contributed by atoms with Crippen LogP contribution in [-0.4, -0.2) is 18.2 Å². The quantitative estimate of drug-likeness (QED) is 0.692. The van der Waals surface area contributed by atoms with E-state index in [4.69, 9.17) is 0 Å². The van der Waals surface area contributed by atoms with E-state index in [0.717, 1.165) is 25.7 Å². The number of hydrogen-bond acceptors (Lipinski definition) is 2. The molecule has 0 aromatic carbocycles. The van der Waals surface area contributed by atoms with Gasteiger partial charge in [0.2, 0.25) is 5.91 Å². The molecule has 1 aliphatic heterocycles. The van der Waals surface area contributed by atoms with Crippen LogP contribution in [0.25, 0.3) is 0 Å². The normalized spacial score (nSPS) is 17.4. The summed E-state index contributed by atoms with van der Waals surface area (Å²) in [6.45, 7) is 2.60. The summed E-state index contributed by atoms with van der Waals surface area (Å²) >= 11 is 0. The Bertz CT molecular complexity index is 256. The molecule has 0 aromatic rings. The second-order valence-corrected chi connectivity index (χ2v) is 3.59. The molecule has 0 unspecified atom stereocenters. The molecule has 1 amide bonds. The fourth-order valence-corrected chi connectivity index (χ4v) is 1.53. The second-order valence-electron chi connectivity index (χ2n) is 3.59. The van der Waals surface area contributed by atoms with E-state index in [1.165, 1.54) is 6.08 Å². The summed E-state index contributed by atoms with van der Waals surface area (Å²) in [5.41, 5.74) is 0.702. The summed E-state index contributed by atoms with van der Waals surface area (Å²) in [6.07, 6.45) is 5.91. The van der Waals surface area contributed by atoms with Gasteiger partial charge in [0.1, 0.15) is 0 Å². The largest absolute Gasteiger partial charge is 0.352 e. The number of nitrogens with one attached hydrogen (secondary N) is 1. The number of hydrogen-bond donors (Lipinski definition) is 1. The van der Waals surface area contributed by atoms with E-state index in [1.54, 1.807) is 0 Å². The van der Waals surface area contributed by atoms with Crippen molar-refractivity contribution in [1.29, 1.82) is 0 Å². The van der Waals surface area contributed by atoms with Crippen LogP contribution in [0, 0.1) is 0 Å². The molecular weight excluding hydrogens is 178 g/mol. The Hall–Kier alpha value is -1.12. The Balaban J connectivity index is 2.52. The van der Waals surface area contributed by atoms with Crippen LogP contribution >= 0.6 is 0 Å². The number of ketones is 1. The van der Waals surface area contributed by atoms with Crippen molar-refractivity contribution in [3.05, 3.63) is 11.6 Å². The molecule has 1 heterocycles. The first-order valence-electron chi connectivity index (χ1n) is 5.25. The molecule has 14 heavy (non-hydrogen) atoms. The standard InChI is InChI=1S/C11H17NO2/c1-2-3-4-5-9-8-11(14)12-7-6-10(9)13/h8H,2-7H2,1H3,(H,12,14). The highest BCUT2D eigenvalue weighted by Gasteiger charge is 2.14. The van der Waals surface area contributed by atoms with E-state index in [0.29, 0.717) is 18.5 Å². The lowest BCUT2D eigenvalue weighted by Crippen LogP contribution is -2.20. The molecule has 0 saturated heterocycles. The number of carbonyl (C=O) groups is 2. The average Bonchev–Trinajstić information content (AvgIpc) is 2.30. The van der Waals surface area contributed by atoms with E-state index in [-0.39, 0.29) is 11.7 Å². The van der Waals surface area contributed by atoms with Gasteiger partial charge < -0.3 is 5.32 Å². The summed E-state index contributed by atoms with van der Waals surface area (Å²) in [5, 5.41) is 2.66. The van der Waals surface area contributed by atoms with Crippen molar-refractivity contribution in [1.82, 2.24) is 5.32 Å². The van der Waals surface area contributed by atoms with E-state index >= 15 is 0 Å². The molecule has 3 nitrogen and oxygen atoms in total. The van der Waals surface area contributed by atoms with Gasteiger partial charge in [-0.15, -0.1) is 0 Å². The van der Waals surface area contributed by atoms with E-state index in [2.05, 4.69) is 12.2 Å². The summed E-state index contributed by atoms with van der Waals surface area (Å²) in [6, 6.07) is 0. The zero-order valence-electron chi connectivity index (χ0n) is 8.64. The fourth-order valence-electron chi connectivity index (χ4n) is 1.53. The first-order valence-corrected chi connectivity index (χ1v) is 5.25. The molecule has 0 aliphatic carbocycles. The van der Waals surface area contributed by atoms with E-state index in [9.17, 15) is 9.59 Å². The van der Waals surface area contributed by atoms with Crippen LogP contribution in [-0.2, 0) is 9.59 Å². The molecule has 0 bridgehead atoms. The number of allylic oxidation sites excluding steroid dienone is 1. The van der Waals surface area contributed by atoms with Crippen molar-refractivity contribution in [2.45, 2.75) is 39.0 Å². The molecule has 0 atom stereocenters. The molecule has 78 valence electrons. The maximum atomic E-state index is 11.5. The summed E-state index contributed by atoms with van der Waals surface area (Å²) in [5.74, 6) is 0.00167. The summed E-state index contributed by atoms with van der Waals surface area (Å²) in [7, 11) is 0. The molecule has 0 saturated carbocycles. The highest BCUT2D eigenvalue weighted by Crippen LogP contribution is 2.13. The Morgan fingerprint density at radius 3 is 2.86 bits per heavy atom. The lowest BCUT2D eigenvalue weighted by Gasteiger charge is -2.01. The lowest BCUT2D eigenvalue weighted by atomic mass is 10.0. The van der Waals surface area contributed by atoms with Crippen LogP contribution in [0.1, 0.15) is 39.0 Å². The second kappa shape index (κ2) is 5.58. The van der Waals surface area contributed by atoms with Crippen LogP contribution in [0.2, 0.25) is 0 Å². The van der Waals surface area contributed by atoms with Gasteiger partial charge >= 0.3 is 0 Å². The Labute approximate surface area is 84.6 Å². The van der Waals surface area contributed by atoms with Gasteiger partial charge in [0.05, 0.1) is 0 Å². The summed E-state index contributed by atoms with van der Waals surface area (Å²) < 4.78 is 0. The van der Waals surface area contributed by atoms with Crippen LogP contribution in [0.5, 0.6) is 0 Å². The predicted molar refractivity (Wildman–Crippen MR) is 54.9 cm³/mol. The first kappa shape index (κ1) is 11.0. The fraction of sp³-hybridized carbons (Fsp3) is 0.636. The van der Waals surface area contributed by atoms with Crippen LogP contribution < -0.4 is 5.32 Å². The third-order valence-corrected chi connectivity index (χ3v) is 2.36. The highest BCUT2D eigenvalue weighted by atomic mass is 16.2. The maximum Gasteiger partial charge on any atom is 0.244 e. The lowest BCUT2D eigenvalue weighted by molar-refractivity contribution is -0.116. The predicted octanol–water partition coefficient (Wildman–Crippen LogP) is 1.58. The van der Waals surface area contributed by atoms with E-state index in [1.807, 2.05) is 0 Å². The van der Waals surface area contributed by atoms with Crippen LogP contribution in [0.15, 0.2) is 11.6 Å². The van der Waals surface area contributed by atoms with Gasteiger partial charge in [0.25, 0.3) is 0 Å². The highest BCUT2D eigenvalue weighted by molar-refractivity contribution is 6.03. The molecular formula is C11H17NO2. The van der Waals surface area contributed by atoms with Crippen molar-refractivity contribution in [2.75, 3.05) is 6.54 Å². The minimum absolute atomic E-state index is 0.123.